The summed E-state index contributed by atoms with van der Waals surface area (Å²) in [6.45, 7) is 1.93. The number of hydrogen-bond acceptors (Lipinski definition) is 4. The van der Waals surface area contributed by atoms with Gasteiger partial charge in [-0.3, -0.25) is 4.98 Å². The van der Waals surface area contributed by atoms with Gasteiger partial charge in [-0.05, 0) is 24.6 Å². The molecule has 1 aromatic carbocycles. The van der Waals surface area contributed by atoms with Crippen molar-refractivity contribution < 1.29 is 4.74 Å². The Bertz CT molecular complexity index is 457. The summed E-state index contributed by atoms with van der Waals surface area (Å²) in [6.07, 6.45) is 4.76. The third kappa shape index (κ3) is 2.55. The highest BCUT2D eigenvalue weighted by molar-refractivity contribution is 5.32. The molecule has 2 N–H and O–H groups in total. The van der Waals surface area contributed by atoms with E-state index in [1.54, 1.807) is 18.6 Å². The van der Waals surface area contributed by atoms with E-state index in [9.17, 15) is 0 Å². The van der Waals surface area contributed by atoms with Gasteiger partial charge in [0.15, 0.2) is 0 Å². The number of benzene rings is 1. The van der Waals surface area contributed by atoms with Gasteiger partial charge in [0.1, 0.15) is 5.75 Å². The van der Waals surface area contributed by atoms with Crippen molar-refractivity contribution in [1.82, 2.24) is 9.97 Å². The average molecular weight is 215 g/mol. The zero-order chi connectivity index (χ0) is 11.4. The summed E-state index contributed by atoms with van der Waals surface area (Å²) in [7, 11) is 0. The van der Waals surface area contributed by atoms with Crippen LogP contribution in [0.3, 0.4) is 0 Å². The van der Waals surface area contributed by atoms with Crippen LogP contribution in [-0.2, 0) is 0 Å². The van der Waals surface area contributed by atoms with Gasteiger partial charge in [-0.2, -0.15) is 0 Å². The molecule has 0 fully saturated rings. The van der Waals surface area contributed by atoms with Crippen LogP contribution in [0.2, 0.25) is 0 Å². The van der Waals surface area contributed by atoms with Crippen molar-refractivity contribution in [2.45, 2.75) is 13.0 Å². The SMILES string of the molecule is C[C@H](N)c1cccc(Oc2cnccn2)c1. The van der Waals surface area contributed by atoms with Crippen LogP contribution in [0, 0.1) is 0 Å². The van der Waals surface area contributed by atoms with Crippen LogP contribution in [0.15, 0.2) is 42.9 Å². The Morgan fingerprint density at radius 1 is 1.31 bits per heavy atom. The second-order valence-corrected chi connectivity index (χ2v) is 3.51. The molecule has 1 atom stereocenters. The predicted octanol–water partition coefficient (Wildman–Crippen LogP) is 2.29. The molecular weight excluding hydrogens is 202 g/mol. The first-order valence-electron chi connectivity index (χ1n) is 5.05. The minimum atomic E-state index is -0.00888. The normalized spacial score (nSPS) is 12.1. The molecule has 0 aliphatic carbocycles. The maximum absolute atomic E-state index is 5.79. The molecule has 0 saturated carbocycles. The molecule has 0 aliphatic rings. The van der Waals surface area contributed by atoms with Crippen LogP contribution in [0.4, 0.5) is 0 Å². The van der Waals surface area contributed by atoms with E-state index >= 15 is 0 Å². The first-order valence-corrected chi connectivity index (χ1v) is 5.05. The molecule has 2 rings (SSSR count). The molecule has 1 aromatic heterocycles. The van der Waals surface area contributed by atoms with E-state index in [2.05, 4.69) is 9.97 Å². The molecule has 0 amide bonds. The lowest BCUT2D eigenvalue weighted by Gasteiger charge is -2.08. The largest absolute Gasteiger partial charge is 0.437 e. The monoisotopic (exact) mass is 215 g/mol. The first-order chi connectivity index (χ1) is 7.75. The summed E-state index contributed by atoms with van der Waals surface area (Å²) in [5.41, 5.74) is 6.82. The van der Waals surface area contributed by atoms with E-state index in [1.807, 2.05) is 31.2 Å². The highest BCUT2D eigenvalue weighted by atomic mass is 16.5. The lowest BCUT2D eigenvalue weighted by atomic mass is 10.1. The first kappa shape index (κ1) is 10.6. The lowest BCUT2D eigenvalue weighted by molar-refractivity contribution is 0.459. The van der Waals surface area contributed by atoms with Crippen molar-refractivity contribution in [1.29, 1.82) is 0 Å². The van der Waals surface area contributed by atoms with E-state index < -0.39 is 0 Å². The number of nitrogens with zero attached hydrogens (tertiary/aromatic N) is 2. The maximum atomic E-state index is 5.79. The van der Waals surface area contributed by atoms with Crippen LogP contribution in [0.1, 0.15) is 18.5 Å². The molecule has 4 heteroatoms. The van der Waals surface area contributed by atoms with Gasteiger partial charge in [-0.15, -0.1) is 0 Å². The molecule has 0 radical (unpaired) electrons. The summed E-state index contributed by atoms with van der Waals surface area (Å²) < 4.78 is 5.54. The number of hydrogen-bond donors (Lipinski definition) is 1. The van der Waals surface area contributed by atoms with Crippen LogP contribution in [-0.4, -0.2) is 9.97 Å². The Morgan fingerprint density at radius 2 is 2.19 bits per heavy atom. The predicted molar refractivity (Wildman–Crippen MR) is 61.2 cm³/mol. The van der Waals surface area contributed by atoms with Crippen molar-refractivity contribution in [2.75, 3.05) is 0 Å². The topological polar surface area (TPSA) is 61.0 Å². The number of nitrogens with two attached hydrogens (primary N) is 1. The number of rotatable bonds is 3. The van der Waals surface area contributed by atoms with E-state index in [-0.39, 0.29) is 6.04 Å². The van der Waals surface area contributed by atoms with Crippen molar-refractivity contribution in [3.8, 4) is 11.6 Å². The van der Waals surface area contributed by atoms with Gasteiger partial charge in [-0.25, -0.2) is 4.98 Å². The van der Waals surface area contributed by atoms with Crippen molar-refractivity contribution in [3.63, 3.8) is 0 Å². The van der Waals surface area contributed by atoms with Crippen LogP contribution < -0.4 is 10.5 Å². The van der Waals surface area contributed by atoms with Crippen molar-refractivity contribution in [3.05, 3.63) is 48.4 Å². The Labute approximate surface area is 94.1 Å². The number of aromatic nitrogens is 2. The average Bonchev–Trinajstić information content (AvgIpc) is 2.30. The summed E-state index contributed by atoms with van der Waals surface area (Å²) in [4.78, 5) is 7.96. The molecule has 0 bridgehead atoms. The second kappa shape index (κ2) is 4.72. The third-order valence-corrected chi connectivity index (χ3v) is 2.15. The minimum Gasteiger partial charge on any atom is -0.437 e. The second-order valence-electron chi connectivity index (χ2n) is 3.51. The molecular formula is C12H13N3O. The summed E-state index contributed by atoms with van der Waals surface area (Å²) in [5.74, 6) is 1.19. The quantitative estimate of drug-likeness (QED) is 0.853. The molecule has 16 heavy (non-hydrogen) atoms. The van der Waals surface area contributed by atoms with Gasteiger partial charge < -0.3 is 10.5 Å². The smallest absolute Gasteiger partial charge is 0.237 e. The zero-order valence-electron chi connectivity index (χ0n) is 9.00. The van der Waals surface area contributed by atoms with Crippen molar-refractivity contribution in [2.24, 2.45) is 5.73 Å². The molecule has 82 valence electrons. The Balaban J connectivity index is 2.19. The summed E-state index contributed by atoms with van der Waals surface area (Å²) in [5, 5.41) is 0. The van der Waals surface area contributed by atoms with Gasteiger partial charge in [0.2, 0.25) is 5.88 Å². The van der Waals surface area contributed by atoms with Gasteiger partial charge in [0.25, 0.3) is 0 Å². The van der Waals surface area contributed by atoms with E-state index in [1.165, 1.54) is 0 Å². The Hall–Kier alpha value is -1.94. The Kier molecular flexibility index (Phi) is 3.12. The molecule has 1 heterocycles. The molecule has 0 spiro atoms. The fraction of sp³-hybridized carbons (Fsp3) is 0.167. The summed E-state index contributed by atoms with van der Waals surface area (Å²) in [6, 6.07) is 7.63. The Morgan fingerprint density at radius 3 is 2.88 bits per heavy atom. The van der Waals surface area contributed by atoms with Crippen LogP contribution >= 0.6 is 0 Å². The molecule has 0 saturated heterocycles. The van der Waals surface area contributed by atoms with Crippen molar-refractivity contribution >= 4 is 0 Å². The molecule has 0 aliphatic heterocycles. The fourth-order valence-corrected chi connectivity index (χ4v) is 1.32. The van der Waals surface area contributed by atoms with Gasteiger partial charge in [0, 0.05) is 18.4 Å². The standard InChI is InChI=1S/C12H13N3O/c1-9(13)10-3-2-4-11(7-10)16-12-8-14-5-6-15-12/h2-9H,13H2,1H3/t9-/m0/s1. The fourth-order valence-electron chi connectivity index (χ4n) is 1.32. The van der Waals surface area contributed by atoms with E-state index in [0.29, 0.717) is 5.88 Å². The summed E-state index contributed by atoms with van der Waals surface area (Å²) >= 11 is 0. The third-order valence-electron chi connectivity index (χ3n) is 2.15. The zero-order valence-corrected chi connectivity index (χ0v) is 9.00. The van der Waals surface area contributed by atoms with Gasteiger partial charge in [-0.1, -0.05) is 12.1 Å². The van der Waals surface area contributed by atoms with Gasteiger partial charge in [0.05, 0.1) is 6.20 Å². The molecule has 0 unspecified atom stereocenters. The van der Waals surface area contributed by atoms with Gasteiger partial charge >= 0.3 is 0 Å². The molecule has 4 nitrogen and oxygen atoms in total. The van der Waals surface area contributed by atoms with E-state index in [0.717, 1.165) is 11.3 Å². The highest BCUT2D eigenvalue weighted by Crippen LogP contribution is 2.21. The van der Waals surface area contributed by atoms with Crippen LogP contribution in [0.25, 0.3) is 0 Å². The molecule has 2 aromatic rings. The number of ether oxygens (including phenoxy) is 1. The minimum absolute atomic E-state index is 0.00888. The highest BCUT2D eigenvalue weighted by Gasteiger charge is 2.02. The maximum Gasteiger partial charge on any atom is 0.237 e. The lowest BCUT2D eigenvalue weighted by Crippen LogP contribution is -2.04. The van der Waals surface area contributed by atoms with Crippen LogP contribution in [0.5, 0.6) is 11.6 Å². The van der Waals surface area contributed by atoms with E-state index in [4.69, 9.17) is 10.5 Å².